The van der Waals surface area contributed by atoms with Crippen LogP contribution in [-0.2, 0) is 9.59 Å². The number of nitrogens with two attached hydrogens (primary N) is 1. The molecule has 1 atom stereocenters. The van der Waals surface area contributed by atoms with Crippen molar-refractivity contribution in [3.63, 3.8) is 0 Å². The summed E-state index contributed by atoms with van der Waals surface area (Å²) in [7, 11) is 0. The molecule has 0 aromatic heterocycles. The molecule has 0 bridgehead atoms. The highest BCUT2D eigenvalue weighted by molar-refractivity contribution is 6.01. The van der Waals surface area contributed by atoms with Gasteiger partial charge in [0, 0.05) is 55.3 Å². The van der Waals surface area contributed by atoms with Crippen molar-refractivity contribution in [2.75, 3.05) is 47.0 Å². The quantitative estimate of drug-likeness (QED) is 0.554. The van der Waals surface area contributed by atoms with Gasteiger partial charge >= 0.3 is 0 Å². The normalized spacial score (nSPS) is 20.1. The number of benzene rings is 2. The zero-order valence-electron chi connectivity index (χ0n) is 15.7. The number of piperidine rings is 1. The van der Waals surface area contributed by atoms with E-state index in [9.17, 15) is 9.59 Å². The van der Waals surface area contributed by atoms with Gasteiger partial charge in [0.15, 0.2) is 0 Å². The lowest BCUT2D eigenvalue weighted by molar-refractivity contribution is -0.133. The summed E-state index contributed by atoms with van der Waals surface area (Å²) in [5, 5.41) is 5.64. The largest absolute Gasteiger partial charge is 0.399 e. The van der Waals surface area contributed by atoms with Gasteiger partial charge < -0.3 is 20.9 Å². The van der Waals surface area contributed by atoms with Crippen molar-refractivity contribution in [1.29, 1.82) is 0 Å². The van der Waals surface area contributed by atoms with Gasteiger partial charge in [-0.2, -0.15) is 0 Å². The molecule has 4 rings (SSSR count). The zero-order chi connectivity index (χ0) is 19.5. The van der Waals surface area contributed by atoms with E-state index in [2.05, 4.69) is 44.7 Å². The highest BCUT2D eigenvalue weighted by Crippen LogP contribution is 2.24. The number of nitrogen functional groups attached to an aromatic ring is 1. The molecule has 4 N–H and O–H groups in total. The summed E-state index contributed by atoms with van der Waals surface area (Å²) >= 11 is 0. The molecule has 2 fully saturated rings. The van der Waals surface area contributed by atoms with E-state index in [0.29, 0.717) is 12.8 Å². The highest BCUT2D eigenvalue weighted by atomic mass is 16.2. The Morgan fingerprint density at radius 2 is 1.61 bits per heavy atom. The van der Waals surface area contributed by atoms with Gasteiger partial charge in [-0.25, -0.2) is 0 Å². The van der Waals surface area contributed by atoms with Crippen LogP contribution in [0.15, 0.2) is 48.5 Å². The van der Waals surface area contributed by atoms with Gasteiger partial charge in [0.1, 0.15) is 6.04 Å². The fraction of sp³-hybridized carbons (Fsp3) is 0.333. The van der Waals surface area contributed by atoms with E-state index >= 15 is 0 Å². The van der Waals surface area contributed by atoms with Gasteiger partial charge in [0.2, 0.25) is 11.8 Å². The van der Waals surface area contributed by atoms with E-state index in [1.54, 1.807) is 0 Å². The Kier molecular flexibility index (Phi) is 5.06. The van der Waals surface area contributed by atoms with Crippen LogP contribution in [0.25, 0.3) is 0 Å². The smallest absolute Gasteiger partial charge is 0.249 e. The Bertz CT molecular complexity index is 859. The second kappa shape index (κ2) is 7.80. The third-order valence-electron chi connectivity index (χ3n) is 5.33. The maximum absolute atomic E-state index is 12.0. The summed E-state index contributed by atoms with van der Waals surface area (Å²) in [5.74, 6) is -0.450. The Hall–Kier alpha value is -3.22. The zero-order valence-corrected chi connectivity index (χ0v) is 15.7. The third-order valence-corrected chi connectivity index (χ3v) is 5.33. The minimum absolute atomic E-state index is 0.198. The van der Waals surface area contributed by atoms with Crippen molar-refractivity contribution in [1.82, 2.24) is 5.32 Å². The molecule has 2 aromatic carbocycles. The number of hydrogen-bond donors (Lipinski definition) is 3. The lowest BCUT2D eigenvalue weighted by Gasteiger charge is -2.37. The van der Waals surface area contributed by atoms with Crippen molar-refractivity contribution in [2.24, 2.45) is 0 Å². The van der Waals surface area contributed by atoms with Crippen molar-refractivity contribution in [3.05, 3.63) is 48.5 Å². The monoisotopic (exact) mass is 379 g/mol. The highest BCUT2D eigenvalue weighted by Gasteiger charge is 2.26. The Morgan fingerprint density at radius 1 is 0.929 bits per heavy atom. The van der Waals surface area contributed by atoms with E-state index in [4.69, 9.17) is 5.73 Å². The molecule has 0 spiro atoms. The molecule has 0 saturated carbocycles. The van der Waals surface area contributed by atoms with E-state index < -0.39 is 0 Å². The summed E-state index contributed by atoms with van der Waals surface area (Å²) < 4.78 is 0. The van der Waals surface area contributed by atoms with Gasteiger partial charge in [0.05, 0.1) is 0 Å². The van der Waals surface area contributed by atoms with E-state index in [1.165, 1.54) is 5.69 Å². The molecular weight excluding hydrogens is 354 g/mol. The number of amides is 2. The molecule has 7 nitrogen and oxygen atoms in total. The van der Waals surface area contributed by atoms with Crippen molar-refractivity contribution >= 4 is 34.6 Å². The molecule has 146 valence electrons. The molecule has 2 aromatic rings. The topological polar surface area (TPSA) is 90.7 Å². The van der Waals surface area contributed by atoms with E-state index in [-0.39, 0.29) is 17.9 Å². The SMILES string of the molecule is Nc1ccc(N2CCN(c3cccc(NC4CCC(=O)NC4=O)c3)CC2)cc1. The first-order valence-electron chi connectivity index (χ1n) is 9.64. The lowest BCUT2D eigenvalue weighted by Crippen LogP contribution is -2.47. The number of hydrogen-bond acceptors (Lipinski definition) is 6. The van der Waals surface area contributed by atoms with Gasteiger partial charge in [-0.3, -0.25) is 14.9 Å². The summed E-state index contributed by atoms with van der Waals surface area (Å²) in [5.41, 5.74) is 9.78. The molecule has 7 heteroatoms. The number of rotatable bonds is 4. The van der Waals surface area contributed by atoms with Crippen LogP contribution >= 0.6 is 0 Å². The van der Waals surface area contributed by atoms with Crippen LogP contribution in [0.4, 0.5) is 22.7 Å². The second-order valence-electron chi connectivity index (χ2n) is 7.26. The summed E-state index contributed by atoms with van der Waals surface area (Å²) in [6, 6.07) is 15.8. The predicted molar refractivity (Wildman–Crippen MR) is 112 cm³/mol. The summed E-state index contributed by atoms with van der Waals surface area (Å²) in [6.07, 6.45) is 0.894. The van der Waals surface area contributed by atoms with Crippen LogP contribution < -0.4 is 26.2 Å². The molecule has 2 amide bonds. The number of carbonyl (C=O) groups is 2. The summed E-state index contributed by atoms with van der Waals surface area (Å²) in [6.45, 7) is 3.72. The first-order chi connectivity index (χ1) is 13.6. The predicted octanol–water partition coefficient (Wildman–Crippen LogP) is 1.81. The van der Waals surface area contributed by atoms with Gasteiger partial charge in [-0.05, 0) is 48.9 Å². The van der Waals surface area contributed by atoms with Gasteiger partial charge in [0.25, 0.3) is 0 Å². The number of anilines is 4. The minimum Gasteiger partial charge on any atom is -0.399 e. The van der Waals surface area contributed by atoms with Crippen molar-refractivity contribution < 1.29 is 9.59 Å². The molecule has 2 heterocycles. The molecule has 2 aliphatic rings. The third kappa shape index (κ3) is 4.03. The average molecular weight is 379 g/mol. The van der Waals surface area contributed by atoms with Crippen LogP contribution in [0.5, 0.6) is 0 Å². The van der Waals surface area contributed by atoms with E-state index in [0.717, 1.165) is 43.2 Å². The standard InChI is InChI=1S/C21H25N5O2/c22-15-4-6-17(7-5-15)25-10-12-26(13-11-25)18-3-1-2-16(14-18)23-19-8-9-20(27)24-21(19)28/h1-7,14,19,23H,8-13,22H2,(H,24,27,28). The lowest BCUT2D eigenvalue weighted by atomic mass is 10.1. The number of piperazine rings is 1. The molecule has 28 heavy (non-hydrogen) atoms. The maximum atomic E-state index is 12.0. The molecule has 0 aliphatic carbocycles. The second-order valence-corrected chi connectivity index (χ2v) is 7.26. The Balaban J connectivity index is 1.38. The number of carbonyl (C=O) groups excluding carboxylic acids is 2. The van der Waals surface area contributed by atoms with Crippen molar-refractivity contribution in [2.45, 2.75) is 18.9 Å². The minimum atomic E-state index is -0.365. The molecule has 0 radical (unpaired) electrons. The molecule has 2 saturated heterocycles. The summed E-state index contributed by atoms with van der Waals surface area (Å²) in [4.78, 5) is 28.0. The molecule has 1 unspecified atom stereocenters. The van der Waals surface area contributed by atoms with Crippen LogP contribution in [0.3, 0.4) is 0 Å². The molecule has 2 aliphatic heterocycles. The number of nitrogens with zero attached hydrogens (tertiary/aromatic N) is 2. The van der Waals surface area contributed by atoms with E-state index in [1.807, 2.05) is 24.3 Å². The number of nitrogens with one attached hydrogen (secondary N) is 2. The average Bonchev–Trinajstić information content (AvgIpc) is 2.71. The number of imide groups is 1. The Labute approximate surface area is 164 Å². The van der Waals surface area contributed by atoms with Crippen LogP contribution in [0.2, 0.25) is 0 Å². The fourth-order valence-corrected chi connectivity index (χ4v) is 3.73. The van der Waals surface area contributed by atoms with Crippen LogP contribution in [-0.4, -0.2) is 44.0 Å². The van der Waals surface area contributed by atoms with Gasteiger partial charge in [-0.1, -0.05) is 6.07 Å². The fourth-order valence-electron chi connectivity index (χ4n) is 3.73. The van der Waals surface area contributed by atoms with Crippen LogP contribution in [0.1, 0.15) is 12.8 Å². The maximum Gasteiger partial charge on any atom is 0.249 e. The van der Waals surface area contributed by atoms with Crippen LogP contribution in [0, 0.1) is 0 Å². The van der Waals surface area contributed by atoms with Crippen molar-refractivity contribution in [3.8, 4) is 0 Å². The molecular formula is C21H25N5O2. The first-order valence-corrected chi connectivity index (χ1v) is 9.64. The van der Waals surface area contributed by atoms with Gasteiger partial charge in [-0.15, -0.1) is 0 Å². The Morgan fingerprint density at radius 3 is 2.29 bits per heavy atom. The first kappa shape index (κ1) is 18.2.